The van der Waals surface area contributed by atoms with Crippen molar-refractivity contribution < 1.29 is 27.9 Å². The second kappa shape index (κ2) is 12.0. The predicted octanol–water partition coefficient (Wildman–Crippen LogP) is 5.36. The van der Waals surface area contributed by atoms with Crippen LogP contribution in [0.1, 0.15) is 29.5 Å². The number of hydrogen-bond donors (Lipinski definition) is 1. The van der Waals surface area contributed by atoms with Gasteiger partial charge in [-0.1, -0.05) is 42.5 Å². The number of carbonyl (C=O) groups is 2. The molecule has 1 unspecified atom stereocenters. The third-order valence-electron chi connectivity index (χ3n) is 6.50. The third-order valence-corrected chi connectivity index (χ3v) is 6.50. The summed E-state index contributed by atoms with van der Waals surface area (Å²) < 4.78 is 38.6. The van der Waals surface area contributed by atoms with Crippen molar-refractivity contribution in [1.82, 2.24) is 14.8 Å². The van der Waals surface area contributed by atoms with E-state index >= 15 is 0 Å². The minimum absolute atomic E-state index is 0.0590. The molecular formula is C29H28F3N3O3. The van der Waals surface area contributed by atoms with Crippen LogP contribution in [-0.4, -0.2) is 57.4 Å². The fraction of sp³-hybridized carbons (Fsp3) is 0.276. The van der Waals surface area contributed by atoms with Gasteiger partial charge in [0.25, 0.3) is 0 Å². The zero-order valence-electron chi connectivity index (χ0n) is 20.6. The van der Waals surface area contributed by atoms with Gasteiger partial charge >= 0.3 is 12.1 Å². The smallest absolute Gasteiger partial charge is 0.416 e. The van der Waals surface area contributed by atoms with Crippen molar-refractivity contribution in [2.24, 2.45) is 0 Å². The minimum Gasteiger partial charge on any atom is -0.480 e. The van der Waals surface area contributed by atoms with Gasteiger partial charge < -0.3 is 14.9 Å². The normalized spacial score (nSPS) is 15.0. The molecule has 0 saturated carbocycles. The Balaban J connectivity index is 1.56. The van der Waals surface area contributed by atoms with E-state index in [4.69, 9.17) is 0 Å². The molecule has 1 aromatic heterocycles. The first-order valence-electron chi connectivity index (χ1n) is 12.3. The van der Waals surface area contributed by atoms with E-state index in [1.54, 1.807) is 6.20 Å². The van der Waals surface area contributed by atoms with Crippen molar-refractivity contribution in [3.63, 3.8) is 0 Å². The molecule has 1 amide bonds. The zero-order valence-corrected chi connectivity index (χ0v) is 20.6. The number of alkyl halides is 3. The highest BCUT2D eigenvalue weighted by Gasteiger charge is 2.32. The maximum Gasteiger partial charge on any atom is 0.416 e. The summed E-state index contributed by atoms with van der Waals surface area (Å²) in [5.41, 5.74) is 2.05. The summed E-state index contributed by atoms with van der Waals surface area (Å²) in [7, 11) is 0. The molecule has 2 heterocycles. The molecule has 0 spiro atoms. The summed E-state index contributed by atoms with van der Waals surface area (Å²) in [5, 5.41) is 10.1. The van der Waals surface area contributed by atoms with Crippen molar-refractivity contribution in [2.75, 3.05) is 19.6 Å². The summed E-state index contributed by atoms with van der Waals surface area (Å²) in [5.74, 6) is -1.65. The highest BCUT2D eigenvalue weighted by molar-refractivity contribution is 5.94. The Morgan fingerprint density at radius 2 is 1.68 bits per heavy atom. The summed E-state index contributed by atoms with van der Waals surface area (Å²) in [6.07, 6.45) is 1.80. The minimum atomic E-state index is -4.45. The lowest BCUT2D eigenvalue weighted by Crippen LogP contribution is -2.50. The summed E-state index contributed by atoms with van der Waals surface area (Å²) in [6.45, 7) is 1.79. The van der Waals surface area contributed by atoms with Crippen molar-refractivity contribution >= 4 is 18.0 Å². The number of aromatic nitrogens is 1. The summed E-state index contributed by atoms with van der Waals surface area (Å²) in [4.78, 5) is 33.3. The number of rotatable bonds is 9. The van der Waals surface area contributed by atoms with Crippen LogP contribution in [-0.2, 0) is 22.3 Å². The van der Waals surface area contributed by atoms with Gasteiger partial charge in [0.1, 0.15) is 6.04 Å². The summed E-state index contributed by atoms with van der Waals surface area (Å²) >= 11 is 0. The number of halogens is 3. The molecule has 38 heavy (non-hydrogen) atoms. The SMILES string of the molecule is O=C(O)C(CN1CCCC1)N(Cc1ccc(-c2ccccn2)cc1)C(=O)/C=C/c1ccc(C(F)(F)F)cc1. The Bertz CT molecular complexity index is 1250. The monoisotopic (exact) mass is 523 g/mol. The largest absolute Gasteiger partial charge is 0.480 e. The Kier molecular flexibility index (Phi) is 8.58. The number of benzene rings is 2. The van der Waals surface area contributed by atoms with Gasteiger partial charge in [0, 0.05) is 30.9 Å². The molecule has 1 saturated heterocycles. The molecule has 1 fully saturated rings. The van der Waals surface area contributed by atoms with Gasteiger partial charge in [0.05, 0.1) is 11.3 Å². The van der Waals surface area contributed by atoms with E-state index in [1.807, 2.05) is 47.4 Å². The average Bonchev–Trinajstić information content (AvgIpc) is 3.43. The van der Waals surface area contributed by atoms with Gasteiger partial charge in [-0.25, -0.2) is 4.79 Å². The van der Waals surface area contributed by atoms with E-state index in [2.05, 4.69) is 4.98 Å². The van der Waals surface area contributed by atoms with Crippen molar-refractivity contribution in [2.45, 2.75) is 31.6 Å². The third kappa shape index (κ3) is 7.07. The number of nitrogens with zero attached hydrogens (tertiary/aromatic N) is 3. The molecular weight excluding hydrogens is 495 g/mol. The fourth-order valence-corrected chi connectivity index (χ4v) is 4.42. The van der Waals surface area contributed by atoms with E-state index in [-0.39, 0.29) is 13.1 Å². The molecule has 1 aliphatic heterocycles. The predicted molar refractivity (Wildman–Crippen MR) is 138 cm³/mol. The molecule has 9 heteroatoms. The average molecular weight is 524 g/mol. The number of aliphatic carboxylic acids is 1. The molecule has 1 aliphatic rings. The molecule has 198 valence electrons. The van der Waals surface area contributed by atoms with Gasteiger partial charge in [-0.15, -0.1) is 0 Å². The Morgan fingerprint density at radius 1 is 1.00 bits per heavy atom. The van der Waals surface area contributed by atoms with Gasteiger partial charge in [-0.05, 0) is 67.4 Å². The van der Waals surface area contributed by atoms with Crippen LogP contribution in [0.5, 0.6) is 0 Å². The Hall–Kier alpha value is -3.98. The van der Waals surface area contributed by atoms with Gasteiger partial charge in [-0.2, -0.15) is 13.2 Å². The van der Waals surface area contributed by atoms with Gasteiger partial charge in [0.2, 0.25) is 5.91 Å². The number of carboxylic acids is 1. The van der Waals surface area contributed by atoms with Crippen LogP contribution in [0.15, 0.2) is 79.0 Å². The van der Waals surface area contributed by atoms with Crippen LogP contribution in [0.2, 0.25) is 0 Å². The van der Waals surface area contributed by atoms with Crippen molar-refractivity contribution in [1.29, 1.82) is 0 Å². The first kappa shape index (κ1) is 27.1. The quantitative estimate of drug-likeness (QED) is 0.383. The first-order chi connectivity index (χ1) is 18.2. The lowest BCUT2D eigenvalue weighted by molar-refractivity contribution is -0.149. The zero-order chi connectivity index (χ0) is 27.1. The highest BCUT2D eigenvalue weighted by Crippen LogP contribution is 2.29. The fourth-order valence-electron chi connectivity index (χ4n) is 4.42. The number of carbonyl (C=O) groups excluding carboxylic acids is 1. The molecule has 0 radical (unpaired) electrons. The lowest BCUT2D eigenvalue weighted by Gasteiger charge is -2.31. The van der Waals surface area contributed by atoms with Crippen LogP contribution in [0.4, 0.5) is 13.2 Å². The second-order valence-electron chi connectivity index (χ2n) is 9.19. The first-order valence-corrected chi connectivity index (χ1v) is 12.3. The van der Waals surface area contributed by atoms with Gasteiger partial charge in [-0.3, -0.25) is 9.78 Å². The van der Waals surface area contributed by atoms with E-state index in [0.29, 0.717) is 5.56 Å². The van der Waals surface area contributed by atoms with E-state index in [0.717, 1.165) is 54.9 Å². The molecule has 3 aromatic rings. The Labute approximate surface area is 219 Å². The summed E-state index contributed by atoms with van der Waals surface area (Å²) in [6, 6.07) is 16.3. The molecule has 2 aromatic carbocycles. The Morgan fingerprint density at radius 3 is 2.26 bits per heavy atom. The molecule has 6 nitrogen and oxygen atoms in total. The van der Waals surface area contributed by atoms with Crippen LogP contribution in [0.3, 0.4) is 0 Å². The molecule has 1 N–H and O–H groups in total. The number of carboxylic acid groups (broad SMARTS) is 1. The van der Waals surface area contributed by atoms with Crippen LogP contribution < -0.4 is 0 Å². The highest BCUT2D eigenvalue weighted by atomic mass is 19.4. The number of hydrogen-bond acceptors (Lipinski definition) is 4. The van der Waals surface area contributed by atoms with Crippen LogP contribution in [0.25, 0.3) is 17.3 Å². The van der Waals surface area contributed by atoms with E-state index < -0.39 is 29.7 Å². The topological polar surface area (TPSA) is 73.7 Å². The van der Waals surface area contributed by atoms with Crippen LogP contribution >= 0.6 is 0 Å². The van der Waals surface area contributed by atoms with E-state index in [1.165, 1.54) is 29.2 Å². The standard InChI is InChI=1S/C29H28F3N3O3/c30-29(31,32)24-13-8-21(9-14-24)10-15-27(36)35(26(28(37)38)20-34-17-3-4-18-34)19-22-6-11-23(12-7-22)25-5-1-2-16-33-25/h1-2,5-16,26H,3-4,17-20H2,(H,37,38)/b15-10+. The maximum absolute atomic E-state index is 13.3. The number of amides is 1. The maximum atomic E-state index is 13.3. The van der Waals surface area contributed by atoms with Crippen molar-refractivity contribution in [3.05, 3.63) is 95.7 Å². The molecule has 1 atom stereocenters. The van der Waals surface area contributed by atoms with Gasteiger partial charge in [0.15, 0.2) is 0 Å². The number of pyridine rings is 1. The van der Waals surface area contributed by atoms with Crippen molar-refractivity contribution in [3.8, 4) is 11.3 Å². The van der Waals surface area contributed by atoms with Crippen LogP contribution in [0, 0.1) is 0 Å². The number of likely N-dealkylation sites (tertiary alicyclic amines) is 1. The molecule has 0 aliphatic carbocycles. The molecule has 4 rings (SSSR count). The lowest BCUT2D eigenvalue weighted by atomic mass is 10.1. The van der Waals surface area contributed by atoms with E-state index in [9.17, 15) is 27.9 Å². The second-order valence-corrected chi connectivity index (χ2v) is 9.19. The molecule has 0 bridgehead atoms.